The number of aliphatic carboxylic acids is 1. The van der Waals surface area contributed by atoms with Crippen molar-refractivity contribution in [3.8, 4) is 6.07 Å². The molecule has 2 unspecified atom stereocenters. The Balaban J connectivity index is 1.84. The summed E-state index contributed by atoms with van der Waals surface area (Å²) in [4.78, 5) is 17.3. The summed E-state index contributed by atoms with van der Waals surface area (Å²) >= 11 is 0. The second kappa shape index (κ2) is 5.12. The van der Waals surface area contributed by atoms with Crippen molar-refractivity contribution in [2.75, 3.05) is 4.90 Å². The number of carboxylic acids is 1. The minimum Gasteiger partial charge on any atom is -0.481 e. The quantitative estimate of drug-likeness (QED) is 0.911. The highest BCUT2D eigenvalue weighted by molar-refractivity contribution is 5.67. The summed E-state index contributed by atoms with van der Waals surface area (Å²) in [5.74, 6) is -0.439. The van der Waals surface area contributed by atoms with E-state index in [9.17, 15) is 10.1 Å². The first kappa shape index (κ1) is 12.9. The molecule has 0 aromatic carbocycles. The summed E-state index contributed by atoms with van der Waals surface area (Å²) in [5.41, 5.74) is 1.39. The molecule has 2 atom stereocenters. The predicted octanol–water partition coefficient (Wildman–Crippen LogP) is 2.18. The number of nitriles is 1. The fraction of sp³-hybridized carbons (Fsp3) is 0.533. The molecule has 3 rings (SSSR count). The molecule has 0 saturated carbocycles. The van der Waals surface area contributed by atoms with Gasteiger partial charge in [0, 0.05) is 24.7 Å². The minimum absolute atomic E-state index is 0.263. The van der Waals surface area contributed by atoms with E-state index in [-0.39, 0.29) is 12.3 Å². The molecule has 0 aliphatic carbocycles. The Labute approximate surface area is 117 Å². The van der Waals surface area contributed by atoms with Crippen LogP contribution in [0.5, 0.6) is 0 Å². The molecule has 2 fully saturated rings. The number of anilines is 1. The molecule has 0 amide bonds. The van der Waals surface area contributed by atoms with Gasteiger partial charge >= 0.3 is 5.97 Å². The number of nitrogens with zero attached hydrogens (tertiary/aromatic N) is 3. The molecule has 5 nitrogen and oxygen atoms in total. The molecular weight excluding hydrogens is 254 g/mol. The van der Waals surface area contributed by atoms with Crippen molar-refractivity contribution in [3.05, 3.63) is 24.0 Å². The number of aromatic nitrogens is 1. The average molecular weight is 271 g/mol. The van der Waals surface area contributed by atoms with Gasteiger partial charge in [0.1, 0.15) is 6.07 Å². The summed E-state index contributed by atoms with van der Waals surface area (Å²) in [7, 11) is 0. The van der Waals surface area contributed by atoms with Gasteiger partial charge in [0.15, 0.2) is 5.69 Å². The van der Waals surface area contributed by atoms with Gasteiger partial charge in [0.05, 0.1) is 5.69 Å². The summed E-state index contributed by atoms with van der Waals surface area (Å²) in [6.07, 6.45) is 5.88. The van der Waals surface area contributed by atoms with Crippen LogP contribution >= 0.6 is 0 Å². The molecule has 2 aliphatic heterocycles. The standard InChI is InChI=1S/C15H17N3O2/c16-9-13-14(2-1-5-17-13)18-11-3-4-12(18)7-10(6-11)8-15(19)20/h1-2,5,10-12H,3-4,6-8H2,(H,19,20). The van der Waals surface area contributed by atoms with E-state index in [0.717, 1.165) is 31.4 Å². The van der Waals surface area contributed by atoms with E-state index in [0.29, 0.717) is 17.8 Å². The molecule has 1 aromatic heterocycles. The fourth-order valence-corrected chi connectivity index (χ4v) is 3.79. The zero-order chi connectivity index (χ0) is 14.1. The number of hydrogen-bond acceptors (Lipinski definition) is 4. The summed E-state index contributed by atoms with van der Waals surface area (Å²) in [5, 5.41) is 18.2. The first-order valence-corrected chi connectivity index (χ1v) is 7.04. The topological polar surface area (TPSA) is 77.2 Å². The molecule has 3 heterocycles. The fourth-order valence-electron chi connectivity index (χ4n) is 3.79. The van der Waals surface area contributed by atoms with Crippen LogP contribution in [-0.4, -0.2) is 28.1 Å². The van der Waals surface area contributed by atoms with Crippen molar-refractivity contribution in [2.24, 2.45) is 5.92 Å². The molecule has 104 valence electrons. The lowest BCUT2D eigenvalue weighted by Crippen LogP contribution is -2.43. The Bertz CT molecular complexity index is 552. The van der Waals surface area contributed by atoms with Crippen molar-refractivity contribution in [3.63, 3.8) is 0 Å². The number of carboxylic acid groups (broad SMARTS) is 1. The van der Waals surface area contributed by atoms with E-state index in [2.05, 4.69) is 16.0 Å². The van der Waals surface area contributed by atoms with Crippen LogP contribution in [0.1, 0.15) is 37.8 Å². The van der Waals surface area contributed by atoms with Crippen molar-refractivity contribution < 1.29 is 9.90 Å². The Hall–Kier alpha value is -2.09. The van der Waals surface area contributed by atoms with E-state index >= 15 is 0 Å². The second-order valence-corrected chi connectivity index (χ2v) is 5.71. The Morgan fingerprint density at radius 3 is 2.75 bits per heavy atom. The van der Waals surface area contributed by atoms with E-state index < -0.39 is 5.97 Å². The van der Waals surface area contributed by atoms with Crippen LogP contribution in [-0.2, 0) is 4.79 Å². The third kappa shape index (κ3) is 2.22. The van der Waals surface area contributed by atoms with E-state index in [1.807, 2.05) is 12.1 Å². The lowest BCUT2D eigenvalue weighted by Gasteiger charge is -2.40. The number of hydrogen-bond donors (Lipinski definition) is 1. The summed E-state index contributed by atoms with van der Waals surface area (Å²) in [6.45, 7) is 0. The maximum Gasteiger partial charge on any atom is 0.303 e. The van der Waals surface area contributed by atoms with E-state index in [1.54, 1.807) is 6.20 Å². The first-order valence-electron chi connectivity index (χ1n) is 7.04. The van der Waals surface area contributed by atoms with Gasteiger partial charge in [-0.2, -0.15) is 5.26 Å². The van der Waals surface area contributed by atoms with Crippen LogP contribution in [0, 0.1) is 17.2 Å². The molecule has 5 heteroatoms. The third-order valence-electron chi connectivity index (χ3n) is 4.46. The second-order valence-electron chi connectivity index (χ2n) is 5.71. The van der Waals surface area contributed by atoms with Gasteiger partial charge in [-0.3, -0.25) is 4.79 Å². The average Bonchev–Trinajstić information content (AvgIpc) is 2.69. The highest BCUT2D eigenvalue weighted by atomic mass is 16.4. The van der Waals surface area contributed by atoms with Crippen molar-refractivity contribution in [2.45, 2.75) is 44.2 Å². The van der Waals surface area contributed by atoms with Gasteiger partial charge in [0.25, 0.3) is 0 Å². The number of pyridine rings is 1. The highest BCUT2D eigenvalue weighted by Crippen LogP contribution is 2.43. The third-order valence-corrected chi connectivity index (χ3v) is 4.46. The SMILES string of the molecule is N#Cc1ncccc1N1C2CCC1CC(CC(=O)O)C2. The van der Waals surface area contributed by atoms with Crippen molar-refractivity contribution in [1.82, 2.24) is 4.98 Å². The van der Waals surface area contributed by atoms with Gasteiger partial charge in [-0.25, -0.2) is 4.98 Å². The molecule has 0 radical (unpaired) electrons. The van der Waals surface area contributed by atoms with Crippen LogP contribution in [0.15, 0.2) is 18.3 Å². The van der Waals surface area contributed by atoms with Gasteiger partial charge < -0.3 is 10.0 Å². The molecule has 2 bridgehead atoms. The van der Waals surface area contributed by atoms with Crippen molar-refractivity contribution >= 4 is 11.7 Å². The molecule has 2 aliphatic rings. The number of rotatable bonds is 3. The zero-order valence-corrected chi connectivity index (χ0v) is 11.2. The first-order chi connectivity index (χ1) is 9.69. The monoisotopic (exact) mass is 271 g/mol. The van der Waals surface area contributed by atoms with E-state index in [1.165, 1.54) is 0 Å². The lowest BCUT2D eigenvalue weighted by atomic mass is 9.88. The maximum atomic E-state index is 10.9. The Kier molecular flexibility index (Phi) is 3.31. The molecular formula is C15H17N3O2. The molecule has 2 saturated heterocycles. The smallest absolute Gasteiger partial charge is 0.303 e. The predicted molar refractivity (Wildman–Crippen MR) is 73.2 cm³/mol. The minimum atomic E-state index is -0.707. The zero-order valence-electron chi connectivity index (χ0n) is 11.2. The van der Waals surface area contributed by atoms with Crippen LogP contribution in [0.3, 0.4) is 0 Å². The summed E-state index contributed by atoms with van der Waals surface area (Å²) in [6, 6.07) is 6.68. The van der Waals surface area contributed by atoms with Gasteiger partial charge in [0.2, 0.25) is 0 Å². The lowest BCUT2D eigenvalue weighted by molar-refractivity contribution is -0.138. The van der Waals surface area contributed by atoms with Gasteiger partial charge in [-0.15, -0.1) is 0 Å². The van der Waals surface area contributed by atoms with Crippen LogP contribution in [0.4, 0.5) is 5.69 Å². The number of piperidine rings is 1. The Morgan fingerprint density at radius 2 is 2.15 bits per heavy atom. The Morgan fingerprint density at radius 1 is 1.45 bits per heavy atom. The highest BCUT2D eigenvalue weighted by Gasteiger charge is 2.42. The molecule has 1 N–H and O–H groups in total. The molecule has 1 aromatic rings. The van der Waals surface area contributed by atoms with Crippen LogP contribution in [0.2, 0.25) is 0 Å². The molecule has 20 heavy (non-hydrogen) atoms. The van der Waals surface area contributed by atoms with Crippen molar-refractivity contribution in [1.29, 1.82) is 5.26 Å². The van der Waals surface area contributed by atoms with Gasteiger partial charge in [-0.05, 0) is 43.7 Å². The molecule has 0 spiro atoms. The van der Waals surface area contributed by atoms with Crippen LogP contribution < -0.4 is 4.90 Å². The number of carbonyl (C=O) groups is 1. The largest absolute Gasteiger partial charge is 0.481 e. The van der Waals surface area contributed by atoms with Crippen LogP contribution in [0.25, 0.3) is 0 Å². The van der Waals surface area contributed by atoms with Gasteiger partial charge in [-0.1, -0.05) is 0 Å². The summed E-state index contributed by atoms with van der Waals surface area (Å²) < 4.78 is 0. The normalized spacial score (nSPS) is 28.1. The maximum absolute atomic E-state index is 10.9. The van der Waals surface area contributed by atoms with E-state index in [4.69, 9.17) is 5.11 Å². The number of fused-ring (bicyclic) bond motifs is 2.